The molecule has 20 heavy (non-hydrogen) atoms. The third-order valence-electron chi connectivity index (χ3n) is 2.80. The summed E-state index contributed by atoms with van der Waals surface area (Å²) in [6.07, 6.45) is -0.409. The molecule has 0 radical (unpaired) electrons. The molecule has 0 aliphatic carbocycles. The van der Waals surface area contributed by atoms with Crippen LogP contribution in [0.25, 0.3) is 0 Å². The van der Waals surface area contributed by atoms with Crippen LogP contribution in [0.4, 0.5) is 0 Å². The first-order valence-electron chi connectivity index (χ1n) is 6.34. The molecule has 4 heteroatoms. The Bertz CT molecular complexity index is 604. The number of amides is 1. The zero-order valence-electron chi connectivity index (χ0n) is 11.2. The van der Waals surface area contributed by atoms with E-state index in [2.05, 4.69) is 5.32 Å². The Kier molecular flexibility index (Phi) is 4.27. The number of ketones is 1. The number of carbonyl (C=O) groups excluding carboxylic acids is 2. The smallest absolute Gasteiger partial charge is 0.252 e. The predicted octanol–water partition coefficient (Wildman–Crippen LogP) is 1.95. The lowest BCUT2D eigenvalue weighted by Crippen LogP contribution is -2.38. The van der Waals surface area contributed by atoms with Gasteiger partial charge >= 0.3 is 0 Å². The van der Waals surface area contributed by atoms with E-state index < -0.39 is 6.17 Å². The maximum Gasteiger partial charge on any atom is 0.252 e. The normalized spacial score (nSPS) is 11.7. The molecule has 1 atom stereocenters. The number of carbonyl (C=O) groups is 2. The molecule has 0 aliphatic rings. The van der Waals surface area contributed by atoms with Crippen molar-refractivity contribution in [3.63, 3.8) is 0 Å². The first-order valence-corrected chi connectivity index (χ1v) is 6.34. The molecule has 102 valence electrons. The number of benzene rings is 2. The molecule has 0 bridgehead atoms. The molecule has 0 aliphatic heterocycles. The summed E-state index contributed by atoms with van der Waals surface area (Å²) in [5.74, 6) is -0.316. The Labute approximate surface area is 117 Å². The van der Waals surface area contributed by atoms with Crippen molar-refractivity contribution in [1.82, 2.24) is 5.32 Å². The van der Waals surface area contributed by atoms with Gasteiger partial charge in [0.1, 0.15) is 0 Å². The second kappa shape index (κ2) is 6.12. The molecular weight excluding hydrogens is 252 g/mol. The van der Waals surface area contributed by atoms with E-state index in [1.807, 2.05) is 18.2 Å². The molecule has 0 spiro atoms. The van der Waals surface area contributed by atoms with Crippen LogP contribution < -0.4 is 11.1 Å². The van der Waals surface area contributed by atoms with E-state index in [4.69, 9.17) is 5.73 Å². The van der Waals surface area contributed by atoms with Gasteiger partial charge in [0.2, 0.25) is 0 Å². The third-order valence-corrected chi connectivity index (χ3v) is 2.80. The molecule has 0 heterocycles. The van der Waals surface area contributed by atoms with Crippen LogP contribution in [0.5, 0.6) is 0 Å². The summed E-state index contributed by atoms with van der Waals surface area (Å²) in [5.41, 5.74) is 7.15. The molecule has 0 saturated carbocycles. The Hall–Kier alpha value is -2.46. The van der Waals surface area contributed by atoms with E-state index in [1.54, 1.807) is 43.3 Å². The predicted molar refractivity (Wildman–Crippen MR) is 77.4 cm³/mol. The highest BCUT2D eigenvalue weighted by atomic mass is 16.1. The zero-order chi connectivity index (χ0) is 14.5. The van der Waals surface area contributed by atoms with Crippen LogP contribution in [-0.4, -0.2) is 17.9 Å². The number of hydrogen-bond acceptors (Lipinski definition) is 3. The minimum Gasteiger partial charge on any atom is -0.337 e. The summed E-state index contributed by atoms with van der Waals surface area (Å²) in [6.45, 7) is 1.69. The molecule has 2 aromatic carbocycles. The van der Waals surface area contributed by atoms with Crippen molar-refractivity contribution in [3.8, 4) is 0 Å². The van der Waals surface area contributed by atoms with Gasteiger partial charge in [0, 0.05) is 16.7 Å². The van der Waals surface area contributed by atoms with Crippen molar-refractivity contribution in [3.05, 3.63) is 71.3 Å². The topological polar surface area (TPSA) is 72.2 Å². The van der Waals surface area contributed by atoms with E-state index in [9.17, 15) is 9.59 Å². The van der Waals surface area contributed by atoms with Gasteiger partial charge in [-0.2, -0.15) is 0 Å². The highest BCUT2D eigenvalue weighted by Crippen LogP contribution is 2.11. The van der Waals surface area contributed by atoms with Crippen LogP contribution in [0.2, 0.25) is 0 Å². The van der Waals surface area contributed by atoms with E-state index in [1.165, 1.54) is 0 Å². The summed E-state index contributed by atoms with van der Waals surface area (Å²) in [6, 6.07) is 15.5. The molecule has 1 unspecified atom stereocenters. The monoisotopic (exact) mass is 268 g/mol. The van der Waals surface area contributed by atoms with E-state index in [0.29, 0.717) is 16.7 Å². The fourth-order valence-corrected chi connectivity index (χ4v) is 1.82. The standard InChI is InChI=1S/C16H16N2O2/c1-11(17)18-16(20)14-9-7-13(8-10-14)15(19)12-5-3-2-4-6-12/h2-11H,17H2,1H3,(H,18,20). The van der Waals surface area contributed by atoms with Crippen LogP contribution in [-0.2, 0) is 0 Å². The van der Waals surface area contributed by atoms with Gasteiger partial charge in [-0.15, -0.1) is 0 Å². The molecule has 0 fully saturated rings. The van der Waals surface area contributed by atoms with Crippen LogP contribution in [0.1, 0.15) is 33.2 Å². The lowest BCUT2D eigenvalue weighted by molar-refractivity contribution is 0.0940. The van der Waals surface area contributed by atoms with Gasteiger partial charge in [0.05, 0.1) is 6.17 Å². The Morgan fingerprint density at radius 1 is 0.900 bits per heavy atom. The highest BCUT2D eigenvalue weighted by molar-refractivity contribution is 6.09. The largest absolute Gasteiger partial charge is 0.337 e. The van der Waals surface area contributed by atoms with E-state index in [-0.39, 0.29) is 11.7 Å². The maximum atomic E-state index is 12.2. The molecule has 2 aromatic rings. The molecule has 0 saturated heterocycles. The van der Waals surface area contributed by atoms with Gasteiger partial charge in [-0.25, -0.2) is 0 Å². The fourth-order valence-electron chi connectivity index (χ4n) is 1.82. The van der Waals surface area contributed by atoms with Crippen LogP contribution in [0, 0.1) is 0 Å². The Morgan fingerprint density at radius 3 is 1.95 bits per heavy atom. The van der Waals surface area contributed by atoms with Crippen molar-refractivity contribution in [2.24, 2.45) is 5.73 Å². The summed E-state index contributed by atoms with van der Waals surface area (Å²) in [7, 11) is 0. The second-order valence-corrected chi connectivity index (χ2v) is 4.53. The van der Waals surface area contributed by atoms with Crippen molar-refractivity contribution < 1.29 is 9.59 Å². The van der Waals surface area contributed by atoms with Crippen LogP contribution in [0.15, 0.2) is 54.6 Å². The first kappa shape index (κ1) is 14.0. The number of nitrogens with one attached hydrogen (secondary N) is 1. The number of hydrogen-bond donors (Lipinski definition) is 2. The van der Waals surface area contributed by atoms with Crippen molar-refractivity contribution in [2.45, 2.75) is 13.1 Å². The van der Waals surface area contributed by atoms with Gasteiger partial charge in [-0.1, -0.05) is 42.5 Å². The average Bonchev–Trinajstić information content (AvgIpc) is 2.47. The molecule has 4 nitrogen and oxygen atoms in total. The SMILES string of the molecule is CC(N)NC(=O)c1ccc(C(=O)c2ccccc2)cc1. The number of nitrogens with two attached hydrogens (primary N) is 1. The fraction of sp³-hybridized carbons (Fsp3) is 0.125. The van der Waals surface area contributed by atoms with Crippen molar-refractivity contribution in [2.75, 3.05) is 0 Å². The summed E-state index contributed by atoms with van der Waals surface area (Å²) in [4.78, 5) is 23.9. The van der Waals surface area contributed by atoms with E-state index in [0.717, 1.165) is 0 Å². The molecule has 0 aromatic heterocycles. The van der Waals surface area contributed by atoms with E-state index >= 15 is 0 Å². The van der Waals surface area contributed by atoms with Gasteiger partial charge in [-0.05, 0) is 19.1 Å². The summed E-state index contributed by atoms with van der Waals surface area (Å²) < 4.78 is 0. The maximum absolute atomic E-state index is 12.2. The third kappa shape index (κ3) is 3.30. The Morgan fingerprint density at radius 2 is 1.40 bits per heavy atom. The minimum absolute atomic E-state index is 0.0650. The summed E-state index contributed by atoms with van der Waals surface area (Å²) in [5, 5.41) is 2.59. The molecular formula is C16H16N2O2. The van der Waals surface area contributed by atoms with Gasteiger partial charge in [-0.3, -0.25) is 9.59 Å². The second-order valence-electron chi connectivity index (χ2n) is 4.53. The van der Waals surface area contributed by atoms with Crippen molar-refractivity contribution in [1.29, 1.82) is 0 Å². The quantitative estimate of drug-likeness (QED) is 0.657. The molecule has 3 N–H and O–H groups in total. The van der Waals surface area contributed by atoms with Gasteiger partial charge < -0.3 is 11.1 Å². The van der Waals surface area contributed by atoms with Crippen LogP contribution >= 0.6 is 0 Å². The average molecular weight is 268 g/mol. The minimum atomic E-state index is -0.409. The molecule has 1 amide bonds. The lowest BCUT2D eigenvalue weighted by atomic mass is 10.0. The van der Waals surface area contributed by atoms with Crippen molar-refractivity contribution >= 4 is 11.7 Å². The van der Waals surface area contributed by atoms with Gasteiger partial charge in [0.15, 0.2) is 5.78 Å². The van der Waals surface area contributed by atoms with Gasteiger partial charge in [0.25, 0.3) is 5.91 Å². The lowest BCUT2D eigenvalue weighted by Gasteiger charge is -2.08. The highest BCUT2D eigenvalue weighted by Gasteiger charge is 2.11. The molecule has 2 rings (SSSR count). The van der Waals surface area contributed by atoms with Crippen LogP contribution in [0.3, 0.4) is 0 Å². The summed E-state index contributed by atoms with van der Waals surface area (Å²) >= 11 is 0. The number of rotatable bonds is 4. The first-order chi connectivity index (χ1) is 9.58. The zero-order valence-corrected chi connectivity index (χ0v) is 11.2. The Balaban J connectivity index is 2.16.